The Hall–Kier alpha value is -2.37. The van der Waals surface area contributed by atoms with Crippen molar-refractivity contribution >= 4 is 28.8 Å². The average molecular weight is 411 g/mol. The lowest BCUT2D eigenvalue weighted by atomic mass is 9.80. The molecule has 5 rings (SSSR count). The highest BCUT2D eigenvalue weighted by atomic mass is 35.5. The molecule has 6 heteroatoms. The van der Waals surface area contributed by atoms with Crippen molar-refractivity contribution < 1.29 is 4.79 Å². The molecule has 0 N–H and O–H groups in total. The second kappa shape index (κ2) is 6.90. The van der Waals surface area contributed by atoms with E-state index in [1.807, 2.05) is 57.3 Å². The van der Waals surface area contributed by atoms with E-state index in [2.05, 4.69) is 0 Å². The highest BCUT2D eigenvalue weighted by molar-refractivity contribution is 7.12. The van der Waals surface area contributed by atoms with Gasteiger partial charge in [0, 0.05) is 47.9 Å². The summed E-state index contributed by atoms with van der Waals surface area (Å²) < 4.78 is 1.93. The number of likely N-dealkylation sites (tertiary alicyclic amines) is 1. The Labute approximate surface area is 172 Å². The van der Waals surface area contributed by atoms with Crippen LogP contribution in [0.5, 0.6) is 0 Å². The monoisotopic (exact) mass is 410 g/mol. The molecule has 0 radical (unpaired) electrons. The van der Waals surface area contributed by atoms with Crippen molar-refractivity contribution in [1.29, 1.82) is 0 Å². The number of rotatable bonds is 2. The van der Waals surface area contributed by atoms with Gasteiger partial charge in [0.25, 0.3) is 11.5 Å². The smallest absolute Gasteiger partial charge is 0.263 e. The zero-order valence-electron chi connectivity index (χ0n) is 15.2. The van der Waals surface area contributed by atoms with E-state index in [4.69, 9.17) is 11.6 Å². The van der Waals surface area contributed by atoms with Gasteiger partial charge in [0.05, 0.1) is 4.88 Å². The van der Waals surface area contributed by atoms with Crippen molar-refractivity contribution in [3.8, 4) is 11.1 Å². The summed E-state index contributed by atoms with van der Waals surface area (Å²) in [6.07, 6.45) is 1.01. The minimum Gasteiger partial charge on any atom is -0.337 e. The van der Waals surface area contributed by atoms with E-state index >= 15 is 0 Å². The summed E-state index contributed by atoms with van der Waals surface area (Å²) in [5.41, 5.74) is 3.20. The van der Waals surface area contributed by atoms with Gasteiger partial charge in [-0.15, -0.1) is 11.3 Å². The summed E-state index contributed by atoms with van der Waals surface area (Å²) >= 11 is 7.54. The SMILES string of the molecule is O=C(c1cccs1)N1CC2CC(C1)c1c(-c3ccc(Cl)cc3)ccc(=O)n1C2. The van der Waals surface area contributed by atoms with Crippen LogP contribution in [0.15, 0.2) is 58.7 Å². The molecule has 2 aliphatic rings. The van der Waals surface area contributed by atoms with Crippen LogP contribution < -0.4 is 5.56 Å². The molecular weight excluding hydrogens is 392 g/mol. The Balaban J connectivity index is 1.56. The molecule has 2 aliphatic heterocycles. The molecule has 0 saturated carbocycles. The molecule has 2 atom stereocenters. The Morgan fingerprint density at radius 2 is 1.86 bits per heavy atom. The first-order valence-corrected chi connectivity index (χ1v) is 10.7. The maximum absolute atomic E-state index is 12.9. The lowest BCUT2D eigenvalue weighted by Gasteiger charge is -2.43. The number of amides is 1. The number of piperidine rings is 1. The van der Waals surface area contributed by atoms with Crippen LogP contribution in [0.3, 0.4) is 0 Å². The Morgan fingerprint density at radius 1 is 1.04 bits per heavy atom. The predicted octanol–water partition coefficient (Wildman–Crippen LogP) is 4.49. The molecular formula is C22H19ClN2O2S. The first-order chi connectivity index (χ1) is 13.6. The summed E-state index contributed by atoms with van der Waals surface area (Å²) in [6.45, 7) is 2.03. The summed E-state index contributed by atoms with van der Waals surface area (Å²) in [7, 11) is 0. The van der Waals surface area contributed by atoms with E-state index in [0.29, 0.717) is 30.6 Å². The third-order valence-electron chi connectivity index (χ3n) is 5.76. The van der Waals surface area contributed by atoms with E-state index in [1.54, 1.807) is 6.07 Å². The van der Waals surface area contributed by atoms with Crippen LogP contribution in [-0.4, -0.2) is 28.5 Å². The van der Waals surface area contributed by atoms with Crippen molar-refractivity contribution in [3.63, 3.8) is 0 Å². The molecule has 1 aromatic carbocycles. The van der Waals surface area contributed by atoms with Crippen LogP contribution >= 0.6 is 22.9 Å². The van der Waals surface area contributed by atoms with Crippen molar-refractivity contribution in [3.05, 3.63) is 79.9 Å². The number of aromatic nitrogens is 1. The number of thiophene rings is 1. The van der Waals surface area contributed by atoms with Gasteiger partial charge in [0.2, 0.25) is 0 Å². The second-order valence-electron chi connectivity index (χ2n) is 7.57. The summed E-state index contributed by atoms with van der Waals surface area (Å²) in [4.78, 5) is 28.3. The zero-order chi connectivity index (χ0) is 19.3. The van der Waals surface area contributed by atoms with Gasteiger partial charge in [-0.05, 0) is 47.5 Å². The fourth-order valence-corrected chi connectivity index (χ4v) is 5.43. The first kappa shape index (κ1) is 17.7. The number of fused-ring (bicyclic) bond motifs is 4. The van der Waals surface area contributed by atoms with Gasteiger partial charge >= 0.3 is 0 Å². The third kappa shape index (κ3) is 2.99. The quantitative estimate of drug-likeness (QED) is 0.624. The number of pyridine rings is 1. The summed E-state index contributed by atoms with van der Waals surface area (Å²) in [5.74, 6) is 0.578. The minimum atomic E-state index is 0.0421. The number of benzene rings is 1. The van der Waals surface area contributed by atoms with Gasteiger partial charge in [-0.3, -0.25) is 9.59 Å². The molecule has 142 valence electrons. The van der Waals surface area contributed by atoms with Gasteiger partial charge in [-0.1, -0.05) is 29.8 Å². The first-order valence-electron chi connectivity index (χ1n) is 9.42. The van der Waals surface area contributed by atoms with Crippen LogP contribution in [0.4, 0.5) is 0 Å². The van der Waals surface area contributed by atoms with Gasteiger partial charge in [0.15, 0.2) is 0 Å². The Bertz CT molecular complexity index is 1090. The van der Waals surface area contributed by atoms with E-state index in [0.717, 1.165) is 28.1 Å². The van der Waals surface area contributed by atoms with Crippen LogP contribution in [0.1, 0.15) is 27.7 Å². The van der Waals surface area contributed by atoms with Crippen LogP contribution in [-0.2, 0) is 6.54 Å². The van der Waals surface area contributed by atoms with E-state index in [1.165, 1.54) is 11.3 Å². The molecule has 0 aliphatic carbocycles. The number of hydrogen-bond donors (Lipinski definition) is 0. The molecule has 1 saturated heterocycles. The molecule has 2 unspecified atom stereocenters. The molecule has 2 bridgehead atoms. The minimum absolute atomic E-state index is 0.0421. The van der Waals surface area contributed by atoms with Crippen LogP contribution in [0.25, 0.3) is 11.1 Å². The highest BCUT2D eigenvalue weighted by Crippen LogP contribution is 2.40. The molecule has 28 heavy (non-hydrogen) atoms. The Kier molecular flexibility index (Phi) is 4.37. The largest absolute Gasteiger partial charge is 0.337 e. The average Bonchev–Trinajstić information content (AvgIpc) is 3.24. The lowest BCUT2D eigenvalue weighted by Crippen LogP contribution is -2.49. The van der Waals surface area contributed by atoms with Crippen molar-refractivity contribution in [2.45, 2.75) is 18.9 Å². The summed E-state index contributed by atoms with van der Waals surface area (Å²) in [5, 5.41) is 2.63. The van der Waals surface area contributed by atoms with E-state index < -0.39 is 0 Å². The maximum atomic E-state index is 12.9. The molecule has 1 amide bonds. The fraction of sp³-hybridized carbons (Fsp3) is 0.273. The molecule has 1 fully saturated rings. The second-order valence-corrected chi connectivity index (χ2v) is 8.96. The van der Waals surface area contributed by atoms with Gasteiger partial charge in [-0.25, -0.2) is 0 Å². The topological polar surface area (TPSA) is 42.3 Å². The lowest BCUT2D eigenvalue weighted by molar-refractivity contribution is 0.0600. The number of carbonyl (C=O) groups is 1. The fourth-order valence-electron chi connectivity index (χ4n) is 4.61. The Morgan fingerprint density at radius 3 is 2.61 bits per heavy atom. The molecule has 2 aromatic heterocycles. The van der Waals surface area contributed by atoms with Gasteiger partial charge in [-0.2, -0.15) is 0 Å². The third-order valence-corrected chi connectivity index (χ3v) is 6.87. The molecule has 4 nitrogen and oxygen atoms in total. The highest BCUT2D eigenvalue weighted by Gasteiger charge is 2.38. The zero-order valence-corrected chi connectivity index (χ0v) is 16.7. The molecule has 3 aromatic rings. The number of carbonyl (C=O) groups excluding carboxylic acids is 1. The van der Waals surface area contributed by atoms with Crippen LogP contribution in [0, 0.1) is 5.92 Å². The molecule has 0 spiro atoms. The van der Waals surface area contributed by atoms with Gasteiger partial charge in [0.1, 0.15) is 0 Å². The standard InChI is InChI=1S/C22H19ClN2O2S/c23-17-5-3-15(4-6-17)18-7-8-20(26)25-12-14-10-16(21(18)25)13-24(11-14)22(27)19-2-1-9-28-19/h1-9,14,16H,10-13H2. The number of nitrogens with zero attached hydrogens (tertiary/aromatic N) is 2. The van der Waals surface area contributed by atoms with Crippen molar-refractivity contribution in [2.24, 2.45) is 5.92 Å². The maximum Gasteiger partial charge on any atom is 0.263 e. The van der Waals surface area contributed by atoms with Crippen molar-refractivity contribution in [2.75, 3.05) is 13.1 Å². The molecule has 4 heterocycles. The van der Waals surface area contributed by atoms with Gasteiger partial charge < -0.3 is 9.47 Å². The van der Waals surface area contributed by atoms with Crippen LogP contribution in [0.2, 0.25) is 5.02 Å². The van der Waals surface area contributed by atoms with E-state index in [9.17, 15) is 9.59 Å². The number of hydrogen-bond acceptors (Lipinski definition) is 3. The normalized spacial score (nSPS) is 20.7. The van der Waals surface area contributed by atoms with Crippen molar-refractivity contribution in [1.82, 2.24) is 9.47 Å². The predicted molar refractivity (Wildman–Crippen MR) is 112 cm³/mol. The summed E-state index contributed by atoms with van der Waals surface area (Å²) in [6, 6.07) is 15.1. The number of halogens is 1. The van der Waals surface area contributed by atoms with E-state index in [-0.39, 0.29) is 17.4 Å².